The number of pyridine rings is 1. The molecule has 1 aliphatic carbocycles. The average molecular weight is 271 g/mol. The molecule has 0 aromatic carbocycles. The van der Waals surface area contributed by atoms with Crippen LogP contribution in [0.2, 0.25) is 0 Å². The molecule has 2 rings (SSSR count). The summed E-state index contributed by atoms with van der Waals surface area (Å²) in [7, 11) is 1.79. The third-order valence-corrected chi connectivity index (χ3v) is 4.11. The van der Waals surface area contributed by atoms with Crippen molar-refractivity contribution in [2.45, 2.75) is 38.5 Å². The highest BCUT2D eigenvalue weighted by molar-refractivity contribution is 5.85. The second-order valence-corrected chi connectivity index (χ2v) is 5.55. The standard InChI is InChI=1S/C16H21N3O/c1-19(12-8-14-7-3-6-11-18-14)15(20)16(13-17)9-4-2-5-10-16/h3,6-7,11H,2,4-5,8-10,12H2,1H3. The van der Waals surface area contributed by atoms with Crippen LogP contribution in [-0.4, -0.2) is 29.4 Å². The van der Waals surface area contributed by atoms with Crippen LogP contribution in [0, 0.1) is 16.7 Å². The van der Waals surface area contributed by atoms with Crippen molar-refractivity contribution in [1.82, 2.24) is 9.88 Å². The molecule has 4 heteroatoms. The summed E-state index contributed by atoms with van der Waals surface area (Å²) in [6, 6.07) is 8.07. The molecule has 1 saturated carbocycles. The van der Waals surface area contributed by atoms with E-state index in [4.69, 9.17) is 0 Å². The number of nitrogens with zero attached hydrogens (tertiary/aromatic N) is 3. The van der Waals surface area contributed by atoms with E-state index in [9.17, 15) is 10.1 Å². The van der Waals surface area contributed by atoms with Gasteiger partial charge in [-0.1, -0.05) is 25.3 Å². The molecule has 20 heavy (non-hydrogen) atoms. The average Bonchev–Trinajstić information content (AvgIpc) is 2.53. The lowest BCUT2D eigenvalue weighted by Crippen LogP contribution is -2.43. The minimum Gasteiger partial charge on any atom is -0.344 e. The van der Waals surface area contributed by atoms with Crippen LogP contribution in [0.3, 0.4) is 0 Å². The number of carbonyl (C=O) groups is 1. The van der Waals surface area contributed by atoms with Crippen LogP contribution in [-0.2, 0) is 11.2 Å². The maximum Gasteiger partial charge on any atom is 0.242 e. The van der Waals surface area contributed by atoms with Crippen molar-refractivity contribution in [1.29, 1.82) is 5.26 Å². The third-order valence-electron chi connectivity index (χ3n) is 4.11. The number of likely N-dealkylation sites (N-methyl/N-ethyl adjacent to an activating group) is 1. The van der Waals surface area contributed by atoms with Gasteiger partial charge in [0.2, 0.25) is 5.91 Å². The highest BCUT2D eigenvalue weighted by Gasteiger charge is 2.41. The number of aromatic nitrogens is 1. The first-order valence-corrected chi connectivity index (χ1v) is 7.25. The van der Waals surface area contributed by atoms with Crippen molar-refractivity contribution in [3.05, 3.63) is 30.1 Å². The molecule has 1 aromatic heterocycles. The van der Waals surface area contributed by atoms with Crippen LogP contribution in [0.4, 0.5) is 0 Å². The maximum atomic E-state index is 12.6. The Labute approximate surface area is 120 Å². The summed E-state index contributed by atoms with van der Waals surface area (Å²) in [4.78, 5) is 18.5. The van der Waals surface area contributed by atoms with E-state index in [2.05, 4.69) is 11.1 Å². The maximum absolute atomic E-state index is 12.6. The van der Waals surface area contributed by atoms with E-state index in [-0.39, 0.29) is 5.91 Å². The van der Waals surface area contributed by atoms with E-state index in [0.29, 0.717) is 19.4 Å². The van der Waals surface area contributed by atoms with Gasteiger partial charge >= 0.3 is 0 Å². The number of nitriles is 1. The first-order chi connectivity index (χ1) is 9.68. The first-order valence-electron chi connectivity index (χ1n) is 7.25. The number of carbonyl (C=O) groups excluding carboxylic acids is 1. The molecule has 0 saturated heterocycles. The van der Waals surface area contributed by atoms with Crippen molar-refractivity contribution in [3.8, 4) is 6.07 Å². The summed E-state index contributed by atoms with van der Waals surface area (Å²) in [6.07, 6.45) is 6.99. The Morgan fingerprint density at radius 3 is 2.75 bits per heavy atom. The molecule has 0 spiro atoms. The van der Waals surface area contributed by atoms with Gasteiger partial charge in [0.15, 0.2) is 0 Å². The molecule has 1 fully saturated rings. The zero-order valence-corrected chi connectivity index (χ0v) is 12.0. The molecular weight excluding hydrogens is 250 g/mol. The van der Waals surface area contributed by atoms with Gasteiger partial charge in [-0.15, -0.1) is 0 Å². The minimum absolute atomic E-state index is 0.0179. The summed E-state index contributed by atoms with van der Waals surface area (Å²) in [5, 5.41) is 9.44. The van der Waals surface area contributed by atoms with E-state index in [1.165, 1.54) is 0 Å². The monoisotopic (exact) mass is 271 g/mol. The predicted molar refractivity (Wildman–Crippen MR) is 76.7 cm³/mol. The van der Waals surface area contributed by atoms with Gasteiger partial charge in [-0.3, -0.25) is 9.78 Å². The molecule has 106 valence electrons. The molecule has 1 heterocycles. The van der Waals surface area contributed by atoms with Gasteiger partial charge in [0.1, 0.15) is 5.41 Å². The summed E-state index contributed by atoms with van der Waals surface area (Å²) < 4.78 is 0. The van der Waals surface area contributed by atoms with E-state index < -0.39 is 5.41 Å². The molecule has 0 radical (unpaired) electrons. The van der Waals surface area contributed by atoms with Crippen LogP contribution < -0.4 is 0 Å². The normalized spacial score (nSPS) is 17.2. The quantitative estimate of drug-likeness (QED) is 0.845. The van der Waals surface area contributed by atoms with E-state index in [1.54, 1.807) is 18.1 Å². The Balaban J connectivity index is 1.96. The Hall–Kier alpha value is -1.89. The van der Waals surface area contributed by atoms with Gasteiger partial charge < -0.3 is 4.90 Å². The van der Waals surface area contributed by atoms with Crippen molar-refractivity contribution >= 4 is 5.91 Å². The summed E-state index contributed by atoms with van der Waals surface area (Å²) in [6.45, 7) is 0.610. The lowest BCUT2D eigenvalue weighted by molar-refractivity contribution is -0.139. The van der Waals surface area contributed by atoms with Crippen LogP contribution in [0.5, 0.6) is 0 Å². The Bertz CT molecular complexity index is 486. The van der Waals surface area contributed by atoms with Gasteiger partial charge in [0.25, 0.3) is 0 Å². The molecule has 0 atom stereocenters. The molecular formula is C16H21N3O. The van der Waals surface area contributed by atoms with Crippen LogP contribution in [0.15, 0.2) is 24.4 Å². The molecule has 4 nitrogen and oxygen atoms in total. The highest BCUT2D eigenvalue weighted by Crippen LogP contribution is 2.37. The number of amides is 1. The second kappa shape index (κ2) is 6.51. The SMILES string of the molecule is CN(CCc1ccccn1)C(=O)C1(C#N)CCCCC1. The number of hydrogen-bond acceptors (Lipinski definition) is 3. The van der Waals surface area contributed by atoms with E-state index in [1.807, 2.05) is 18.2 Å². The zero-order valence-electron chi connectivity index (χ0n) is 12.0. The number of rotatable bonds is 4. The van der Waals surface area contributed by atoms with Crippen molar-refractivity contribution in [3.63, 3.8) is 0 Å². The van der Waals surface area contributed by atoms with Gasteiger partial charge in [-0.05, 0) is 25.0 Å². The molecule has 1 aromatic rings. The molecule has 0 aliphatic heterocycles. The van der Waals surface area contributed by atoms with Gasteiger partial charge in [0, 0.05) is 31.9 Å². The van der Waals surface area contributed by atoms with E-state index >= 15 is 0 Å². The Morgan fingerprint density at radius 1 is 1.40 bits per heavy atom. The third kappa shape index (κ3) is 3.16. The van der Waals surface area contributed by atoms with E-state index in [0.717, 1.165) is 31.4 Å². The van der Waals surface area contributed by atoms with Crippen LogP contribution in [0.25, 0.3) is 0 Å². The van der Waals surface area contributed by atoms with Crippen molar-refractivity contribution < 1.29 is 4.79 Å². The fourth-order valence-electron chi connectivity index (χ4n) is 2.82. The lowest BCUT2D eigenvalue weighted by Gasteiger charge is -2.33. The van der Waals surface area contributed by atoms with Crippen LogP contribution >= 0.6 is 0 Å². The summed E-state index contributed by atoms with van der Waals surface area (Å²) >= 11 is 0. The lowest BCUT2D eigenvalue weighted by atomic mass is 9.74. The van der Waals surface area contributed by atoms with Gasteiger partial charge in [-0.2, -0.15) is 5.26 Å². The molecule has 0 bridgehead atoms. The van der Waals surface area contributed by atoms with Gasteiger partial charge in [0.05, 0.1) is 6.07 Å². The summed E-state index contributed by atoms with van der Waals surface area (Å²) in [5.74, 6) is -0.0179. The second-order valence-electron chi connectivity index (χ2n) is 5.55. The molecule has 1 aliphatic rings. The fourth-order valence-corrected chi connectivity index (χ4v) is 2.82. The molecule has 1 amide bonds. The largest absolute Gasteiger partial charge is 0.344 e. The predicted octanol–water partition coefficient (Wildman–Crippen LogP) is 2.56. The van der Waals surface area contributed by atoms with Crippen molar-refractivity contribution in [2.24, 2.45) is 5.41 Å². The van der Waals surface area contributed by atoms with Gasteiger partial charge in [-0.25, -0.2) is 0 Å². The Kier molecular flexibility index (Phi) is 4.73. The van der Waals surface area contributed by atoms with Crippen LogP contribution in [0.1, 0.15) is 37.8 Å². The minimum atomic E-state index is -0.781. The topological polar surface area (TPSA) is 57.0 Å². The fraction of sp³-hybridized carbons (Fsp3) is 0.562. The Morgan fingerprint density at radius 2 is 2.15 bits per heavy atom. The smallest absolute Gasteiger partial charge is 0.242 e. The first kappa shape index (κ1) is 14.5. The zero-order chi connectivity index (χ0) is 14.4. The number of hydrogen-bond donors (Lipinski definition) is 0. The molecule has 0 N–H and O–H groups in total. The molecule has 0 unspecified atom stereocenters. The summed E-state index contributed by atoms with van der Waals surface area (Å²) in [5.41, 5.74) is 0.193. The van der Waals surface area contributed by atoms with Crippen molar-refractivity contribution in [2.75, 3.05) is 13.6 Å². The highest BCUT2D eigenvalue weighted by atomic mass is 16.2.